The van der Waals surface area contributed by atoms with Crippen LogP contribution in [0.15, 0.2) is 140 Å². The van der Waals surface area contributed by atoms with Gasteiger partial charge >= 0.3 is 0 Å². The number of hydrogen-bond donors (Lipinski definition) is 0. The van der Waals surface area contributed by atoms with Gasteiger partial charge in [-0.25, -0.2) is 4.98 Å². The lowest BCUT2D eigenvalue weighted by atomic mass is 10.1. The van der Waals surface area contributed by atoms with Gasteiger partial charge in [0.1, 0.15) is 28.8 Å². The maximum atomic E-state index is 7.98. The number of benzene rings is 5. The molecule has 0 N–H and O–H groups in total. The first-order valence-corrected chi connectivity index (χ1v) is 13.9. The lowest BCUT2D eigenvalue weighted by molar-refractivity contribution is -0.649. The summed E-state index contributed by atoms with van der Waals surface area (Å²) in [5, 5.41) is 2.16. The largest absolute Gasteiger partial charge is 0.458 e. The standard InChI is InChI=1S/C37H26N4O2/c1-39-25-40(35-17-8-7-16-34(35)39)26-10-9-13-28(22-26)43-29-18-19-32-31-14-5-6-15-33(31)41(36(32)23-29)37-24-30(20-21-38-37)42-27-11-3-2-4-12-27/h2-24H,1H3/i1D3. The van der Waals surface area contributed by atoms with Gasteiger partial charge in [-0.05, 0) is 48.5 Å². The van der Waals surface area contributed by atoms with E-state index in [1.165, 1.54) is 4.57 Å². The fourth-order valence-corrected chi connectivity index (χ4v) is 5.54. The molecule has 0 aliphatic carbocycles. The van der Waals surface area contributed by atoms with Crippen molar-refractivity contribution in [3.8, 4) is 34.5 Å². The Kier molecular flexibility index (Phi) is 5.17. The average molecular weight is 562 g/mol. The van der Waals surface area contributed by atoms with E-state index in [0.29, 0.717) is 22.8 Å². The molecule has 0 aliphatic rings. The van der Waals surface area contributed by atoms with Gasteiger partial charge in [-0.2, -0.15) is 0 Å². The van der Waals surface area contributed by atoms with Gasteiger partial charge in [0.15, 0.2) is 0 Å². The maximum absolute atomic E-state index is 7.98. The lowest BCUT2D eigenvalue weighted by Gasteiger charge is -2.12. The number of fused-ring (bicyclic) bond motifs is 4. The lowest BCUT2D eigenvalue weighted by Crippen LogP contribution is -2.26. The van der Waals surface area contributed by atoms with Crippen LogP contribution in [-0.4, -0.2) is 14.1 Å². The summed E-state index contributed by atoms with van der Waals surface area (Å²) in [5.41, 5.74) is 3.97. The summed E-state index contributed by atoms with van der Waals surface area (Å²) in [6.07, 6.45) is 4.76. The van der Waals surface area contributed by atoms with E-state index in [0.717, 1.165) is 44.6 Å². The van der Waals surface area contributed by atoms with Gasteiger partial charge in [-0.15, -0.1) is 0 Å². The first kappa shape index (κ1) is 21.8. The highest BCUT2D eigenvalue weighted by atomic mass is 16.5. The molecule has 0 fully saturated rings. The van der Waals surface area contributed by atoms with E-state index in [9.17, 15) is 0 Å². The van der Waals surface area contributed by atoms with E-state index in [1.807, 2.05) is 109 Å². The van der Waals surface area contributed by atoms with Crippen molar-refractivity contribution >= 4 is 32.8 Å². The Hall–Kier alpha value is -5.88. The summed E-state index contributed by atoms with van der Waals surface area (Å²) in [4.78, 5) is 4.72. The van der Waals surface area contributed by atoms with Crippen LogP contribution in [0.4, 0.5) is 0 Å². The van der Waals surface area contributed by atoms with Crippen LogP contribution in [0.3, 0.4) is 0 Å². The van der Waals surface area contributed by atoms with Gasteiger partial charge in [-0.1, -0.05) is 72.8 Å². The first-order chi connectivity index (χ1) is 22.4. The molecule has 6 heteroatoms. The van der Waals surface area contributed by atoms with Crippen LogP contribution in [0, 0.1) is 6.33 Å². The molecular formula is C37H26N4O2. The van der Waals surface area contributed by atoms with E-state index >= 15 is 0 Å². The molecule has 3 heterocycles. The Morgan fingerprint density at radius 1 is 0.628 bits per heavy atom. The zero-order valence-corrected chi connectivity index (χ0v) is 22.9. The summed E-state index contributed by atoms with van der Waals surface area (Å²) in [7, 11) is 0. The second kappa shape index (κ2) is 10.2. The predicted octanol–water partition coefficient (Wildman–Crippen LogP) is 8.33. The number of hydrogen-bond acceptors (Lipinski definition) is 3. The molecular weight excluding hydrogens is 532 g/mol. The van der Waals surface area contributed by atoms with Crippen LogP contribution >= 0.6 is 0 Å². The molecule has 8 aromatic rings. The zero-order chi connectivity index (χ0) is 31.3. The smallest absolute Gasteiger partial charge is 0.244 e. The van der Waals surface area contributed by atoms with Crippen LogP contribution < -0.4 is 14.0 Å². The highest BCUT2D eigenvalue weighted by Crippen LogP contribution is 2.36. The van der Waals surface area contributed by atoms with Crippen LogP contribution in [0.5, 0.6) is 23.0 Å². The van der Waals surface area contributed by atoms with E-state index in [-0.39, 0.29) is 0 Å². The Morgan fingerprint density at radius 2 is 1.35 bits per heavy atom. The third kappa shape index (κ3) is 4.46. The van der Waals surface area contributed by atoms with E-state index in [2.05, 4.69) is 29.1 Å². The van der Waals surface area contributed by atoms with Crippen molar-refractivity contribution < 1.29 is 18.2 Å². The number of para-hydroxylation sites is 4. The maximum Gasteiger partial charge on any atom is 0.244 e. The van der Waals surface area contributed by atoms with E-state index < -0.39 is 6.98 Å². The zero-order valence-electron chi connectivity index (χ0n) is 25.9. The number of aromatic nitrogens is 4. The molecule has 43 heavy (non-hydrogen) atoms. The van der Waals surface area contributed by atoms with Crippen molar-refractivity contribution in [3.63, 3.8) is 0 Å². The predicted molar refractivity (Wildman–Crippen MR) is 168 cm³/mol. The van der Waals surface area contributed by atoms with E-state index in [4.69, 9.17) is 18.6 Å². The topological polar surface area (TPSA) is 45.1 Å². The van der Waals surface area contributed by atoms with Crippen molar-refractivity contribution in [2.24, 2.45) is 6.98 Å². The molecule has 0 unspecified atom stereocenters. The van der Waals surface area contributed by atoms with Crippen LogP contribution in [0.1, 0.15) is 4.11 Å². The summed E-state index contributed by atoms with van der Waals surface area (Å²) in [6.45, 7) is -2.37. The van der Waals surface area contributed by atoms with Gasteiger partial charge < -0.3 is 18.6 Å². The van der Waals surface area contributed by atoms with Crippen LogP contribution in [0.25, 0.3) is 44.3 Å². The van der Waals surface area contributed by atoms with Gasteiger partial charge in [0.2, 0.25) is 6.33 Å². The number of aryl methyl sites for hydroxylation is 1. The van der Waals surface area contributed by atoms with Gasteiger partial charge in [0.05, 0.1) is 38.8 Å². The summed E-state index contributed by atoms with van der Waals surface area (Å²) in [5.74, 6) is 3.39. The molecule has 0 amide bonds. The Balaban J connectivity index is 1.19. The third-order valence-corrected chi connectivity index (χ3v) is 7.45. The monoisotopic (exact) mass is 561 g/mol. The van der Waals surface area contributed by atoms with Crippen LogP contribution in [0.2, 0.25) is 0 Å². The first-order valence-electron chi connectivity index (χ1n) is 15.4. The average Bonchev–Trinajstić information content (AvgIpc) is 3.62. The van der Waals surface area contributed by atoms with Crippen molar-refractivity contribution in [1.82, 2.24) is 14.1 Å². The molecule has 0 aliphatic heterocycles. The van der Waals surface area contributed by atoms with Gasteiger partial charge in [0.25, 0.3) is 0 Å². The highest BCUT2D eigenvalue weighted by molar-refractivity contribution is 6.09. The quantitative estimate of drug-likeness (QED) is 0.151. The summed E-state index contributed by atoms with van der Waals surface area (Å²) >= 11 is 0. The second-order valence-electron chi connectivity index (χ2n) is 10.2. The normalized spacial score (nSPS) is 12.7. The molecule has 206 valence electrons. The molecule has 0 saturated heterocycles. The molecule has 0 atom stereocenters. The number of imidazole rings is 1. The van der Waals surface area contributed by atoms with Crippen molar-refractivity contribution in [1.29, 1.82) is 0 Å². The number of ether oxygens (including phenoxy) is 2. The Morgan fingerprint density at radius 3 is 2.26 bits per heavy atom. The molecule has 0 bridgehead atoms. The van der Waals surface area contributed by atoms with Gasteiger partial charge in [-0.3, -0.25) is 4.57 Å². The number of pyridine rings is 1. The Labute approximate surface area is 252 Å². The van der Waals surface area contributed by atoms with Crippen molar-refractivity contribution in [2.45, 2.75) is 0 Å². The molecule has 5 aromatic carbocycles. The SMILES string of the molecule is [2H]C([2H])([2H])[n+]1[c-]n(-c2cccc(Oc3ccc4c5ccccc5n(-c5cc(Oc6ccccc6)ccn5)c4c3)c2)c2ccccc21. The van der Waals surface area contributed by atoms with Crippen molar-refractivity contribution in [2.75, 3.05) is 0 Å². The molecule has 3 aromatic heterocycles. The molecule has 0 radical (unpaired) electrons. The molecule has 0 saturated carbocycles. The minimum absolute atomic E-state index is 0.568. The molecule has 0 spiro atoms. The minimum atomic E-state index is -2.37. The summed E-state index contributed by atoms with van der Waals surface area (Å²) in [6, 6.07) is 42.6. The fraction of sp³-hybridized carbons (Fsp3) is 0.0270. The minimum Gasteiger partial charge on any atom is -0.458 e. The van der Waals surface area contributed by atoms with Gasteiger partial charge in [0, 0.05) is 29.1 Å². The Bertz CT molecular complexity index is 2380. The van der Waals surface area contributed by atoms with Crippen molar-refractivity contribution in [3.05, 3.63) is 146 Å². The fourth-order valence-electron chi connectivity index (χ4n) is 5.54. The number of rotatable bonds is 6. The van der Waals surface area contributed by atoms with E-state index in [1.54, 1.807) is 16.8 Å². The number of nitrogens with zero attached hydrogens (tertiary/aromatic N) is 4. The molecule has 8 rings (SSSR count). The second-order valence-corrected chi connectivity index (χ2v) is 10.2. The molecule has 6 nitrogen and oxygen atoms in total. The summed E-state index contributed by atoms with van der Waals surface area (Å²) < 4.78 is 41.5. The highest BCUT2D eigenvalue weighted by Gasteiger charge is 2.15. The van der Waals surface area contributed by atoms with Crippen LogP contribution in [-0.2, 0) is 6.98 Å². The third-order valence-electron chi connectivity index (χ3n) is 7.45.